The number of aliphatic carboxylic acids is 1. The van der Waals surface area contributed by atoms with Crippen molar-refractivity contribution in [1.82, 2.24) is 10.3 Å². The van der Waals surface area contributed by atoms with Crippen LogP contribution in [0.25, 0.3) is 10.6 Å². The second-order valence-corrected chi connectivity index (χ2v) is 6.73. The van der Waals surface area contributed by atoms with Crippen LogP contribution in [0.4, 0.5) is 0 Å². The third-order valence-corrected chi connectivity index (χ3v) is 4.31. The molecule has 0 spiro atoms. The van der Waals surface area contributed by atoms with Crippen molar-refractivity contribution in [2.24, 2.45) is 5.92 Å². The minimum absolute atomic E-state index is 0.182. The first kappa shape index (κ1) is 17.1. The Hall–Kier alpha value is -2.21. The van der Waals surface area contributed by atoms with Crippen LogP contribution in [0.5, 0.6) is 0 Å². The van der Waals surface area contributed by atoms with Crippen LogP contribution in [-0.2, 0) is 4.79 Å². The summed E-state index contributed by atoms with van der Waals surface area (Å²) in [6, 6.07) is 6.19. The smallest absolute Gasteiger partial charge is 0.326 e. The summed E-state index contributed by atoms with van der Waals surface area (Å²) in [4.78, 5) is 28.0. The maximum absolute atomic E-state index is 12.3. The van der Waals surface area contributed by atoms with Crippen molar-refractivity contribution in [3.8, 4) is 10.6 Å². The van der Waals surface area contributed by atoms with Gasteiger partial charge in [0, 0.05) is 22.2 Å². The number of thiazole rings is 1. The number of amides is 1. The fourth-order valence-electron chi connectivity index (χ4n) is 2.21. The average molecular weight is 332 g/mol. The minimum atomic E-state index is -1.02. The summed E-state index contributed by atoms with van der Waals surface area (Å²) >= 11 is 1.51. The predicted octanol–water partition coefficient (Wildman–Crippen LogP) is 3.35. The molecule has 6 heteroatoms. The second kappa shape index (κ2) is 7.37. The lowest BCUT2D eigenvalue weighted by Gasteiger charge is -2.16. The summed E-state index contributed by atoms with van der Waals surface area (Å²) in [6.45, 7) is 5.76. The summed E-state index contributed by atoms with van der Waals surface area (Å²) in [5.41, 5.74) is 2.22. The van der Waals surface area contributed by atoms with Crippen LogP contribution in [0.1, 0.15) is 36.3 Å². The number of aryl methyl sites for hydroxylation is 1. The Balaban J connectivity index is 2.17. The molecule has 1 heterocycles. The van der Waals surface area contributed by atoms with E-state index in [-0.39, 0.29) is 11.8 Å². The molecule has 0 fully saturated rings. The molecule has 0 aliphatic heterocycles. The predicted molar refractivity (Wildman–Crippen MR) is 90.6 cm³/mol. The lowest BCUT2D eigenvalue weighted by atomic mass is 10.0. The van der Waals surface area contributed by atoms with Crippen LogP contribution < -0.4 is 5.32 Å². The summed E-state index contributed by atoms with van der Waals surface area (Å²) in [5, 5.41) is 14.6. The van der Waals surface area contributed by atoms with Crippen molar-refractivity contribution < 1.29 is 14.7 Å². The molecule has 2 rings (SSSR count). The van der Waals surface area contributed by atoms with Gasteiger partial charge in [0.05, 0.1) is 0 Å². The van der Waals surface area contributed by atoms with Gasteiger partial charge in [0.1, 0.15) is 11.0 Å². The van der Waals surface area contributed by atoms with Gasteiger partial charge < -0.3 is 10.4 Å². The molecule has 0 saturated carbocycles. The van der Waals surface area contributed by atoms with Crippen molar-refractivity contribution in [3.05, 3.63) is 40.9 Å². The van der Waals surface area contributed by atoms with Crippen LogP contribution in [-0.4, -0.2) is 28.0 Å². The largest absolute Gasteiger partial charge is 0.480 e. The van der Waals surface area contributed by atoms with Gasteiger partial charge in [0.2, 0.25) is 0 Å². The Kier molecular flexibility index (Phi) is 5.50. The summed E-state index contributed by atoms with van der Waals surface area (Å²) in [6.07, 6.45) is 0.395. The molecule has 1 aromatic carbocycles. The van der Waals surface area contributed by atoms with E-state index in [9.17, 15) is 14.7 Å². The van der Waals surface area contributed by atoms with E-state index < -0.39 is 12.0 Å². The molecule has 2 aromatic rings. The quantitative estimate of drug-likeness (QED) is 0.850. The first-order valence-electron chi connectivity index (χ1n) is 7.43. The summed E-state index contributed by atoms with van der Waals surface area (Å²) in [7, 11) is 0. The summed E-state index contributed by atoms with van der Waals surface area (Å²) in [5.74, 6) is -1.21. The molecule has 0 saturated heterocycles. The number of carboxylic acid groups (broad SMARTS) is 1. The first-order valence-corrected chi connectivity index (χ1v) is 8.31. The third kappa shape index (κ3) is 4.63. The maximum atomic E-state index is 12.3. The Morgan fingerprint density at radius 1 is 1.35 bits per heavy atom. The topological polar surface area (TPSA) is 79.3 Å². The number of rotatable bonds is 6. The third-order valence-electron chi connectivity index (χ3n) is 3.30. The number of nitrogens with zero attached hydrogens (tertiary/aromatic N) is 1. The van der Waals surface area contributed by atoms with Gasteiger partial charge in [-0.25, -0.2) is 9.78 Å². The van der Waals surface area contributed by atoms with Crippen LogP contribution >= 0.6 is 11.3 Å². The van der Waals surface area contributed by atoms with Crippen LogP contribution in [0.15, 0.2) is 29.6 Å². The van der Waals surface area contributed by atoms with Crippen LogP contribution in [0, 0.1) is 12.8 Å². The molecule has 1 aromatic heterocycles. The number of carboxylic acids is 1. The molecular formula is C17H20N2O3S. The number of hydrogen-bond donors (Lipinski definition) is 2. The zero-order chi connectivity index (χ0) is 17.0. The Bertz CT molecular complexity index is 709. The van der Waals surface area contributed by atoms with E-state index in [1.807, 2.05) is 32.2 Å². The van der Waals surface area contributed by atoms with Gasteiger partial charge >= 0.3 is 5.97 Å². The second-order valence-electron chi connectivity index (χ2n) is 5.87. The molecule has 5 nitrogen and oxygen atoms in total. The van der Waals surface area contributed by atoms with Crippen LogP contribution in [0.2, 0.25) is 0 Å². The zero-order valence-corrected chi connectivity index (χ0v) is 14.2. The van der Waals surface area contributed by atoms with E-state index in [0.29, 0.717) is 12.0 Å². The van der Waals surface area contributed by atoms with Gasteiger partial charge in [-0.05, 0) is 31.4 Å². The van der Waals surface area contributed by atoms with E-state index >= 15 is 0 Å². The number of benzene rings is 1. The van der Waals surface area contributed by atoms with E-state index in [2.05, 4.69) is 10.3 Å². The zero-order valence-electron chi connectivity index (χ0n) is 13.4. The van der Waals surface area contributed by atoms with Crippen LogP contribution in [0.3, 0.4) is 0 Å². The molecule has 0 aliphatic rings. The Morgan fingerprint density at radius 2 is 2.09 bits per heavy atom. The number of aromatic nitrogens is 1. The van der Waals surface area contributed by atoms with Crippen molar-refractivity contribution in [2.45, 2.75) is 33.2 Å². The average Bonchev–Trinajstić information content (AvgIpc) is 2.92. The normalized spacial score (nSPS) is 12.2. The lowest BCUT2D eigenvalue weighted by Crippen LogP contribution is -2.41. The highest BCUT2D eigenvalue weighted by molar-refractivity contribution is 7.13. The molecule has 0 unspecified atom stereocenters. The van der Waals surface area contributed by atoms with E-state index in [0.717, 1.165) is 16.3 Å². The highest BCUT2D eigenvalue weighted by atomic mass is 32.1. The van der Waals surface area contributed by atoms with Gasteiger partial charge in [-0.1, -0.05) is 26.0 Å². The number of carbonyl (C=O) groups is 2. The number of nitrogens with one attached hydrogen (secondary N) is 1. The molecule has 1 amide bonds. The lowest BCUT2D eigenvalue weighted by molar-refractivity contribution is -0.139. The van der Waals surface area contributed by atoms with Crippen molar-refractivity contribution in [1.29, 1.82) is 0 Å². The standard InChI is InChI=1S/C17H20N2O3S/c1-10(2)7-14(17(21)22)19-15(20)12-5-4-6-13(8-12)16-18-11(3)9-23-16/h4-6,8-10,14H,7H2,1-3H3,(H,19,20)(H,21,22)/t14-/m1/s1. The molecule has 2 N–H and O–H groups in total. The maximum Gasteiger partial charge on any atom is 0.326 e. The SMILES string of the molecule is Cc1csc(-c2cccc(C(=O)N[C@H](CC(C)C)C(=O)O)c2)n1. The van der Waals surface area contributed by atoms with E-state index in [1.54, 1.807) is 18.2 Å². The molecule has 0 aliphatic carbocycles. The Labute approximate surface area is 139 Å². The highest BCUT2D eigenvalue weighted by Crippen LogP contribution is 2.24. The van der Waals surface area contributed by atoms with E-state index in [1.165, 1.54) is 11.3 Å². The van der Waals surface area contributed by atoms with Gasteiger partial charge in [-0.15, -0.1) is 11.3 Å². The first-order chi connectivity index (χ1) is 10.9. The van der Waals surface area contributed by atoms with Crippen molar-refractivity contribution in [3.63, 3.8) is 0 Å². The fourth-order valence-corrected chi connectivity index (χ4v) is 3.01. The molecule has 0 radical (unpaired) electrons. The Morgan fingerprint density at radius 3 is 2.65 bits per heavy atom. The van der Waals surface area contributed by atoms with Gasteiger partial charge in [-0.3, -0.25) is 4.79 Å². The molecule has 23 heavy (non-hydrogen) atoms. The molecule has 0 bridgehead atoms. The van der Waals surface area contributed by atoms with Gasteiger partial charge in [0.25, 0.3) is 5.91 Å². The molecular weight excluding hydrogens is 312 g/mol. The number of hydrogen-bond acceptors (Lipinski definition) is 4. The van der Waals surface area contributed by atoms with Crippen molar-refractivity contribution >= 4 is 23.2 Å². The summed E-state index contributed by atoms with van der Waals surface area (Å²) < 4.78 is 0. The minimum Gasteiger partial charge on any atom is -0.480 e. The molecule has 122 valence electrons. The monoisotopic (exact) mass is 332 g/mol. The van der Waals surface area contributed by atoms with Gasteiger partial charge in [-0.2, -0.15) is 0 Å². The van der Waals surface area contributed by atoms with Crippen molar-refractivity contribution in [2.75, 3.05) is 0 Å². The fraction of sp³-hybridized carbons (Fsp3) is 0.353. The van der Waals surface area contributed by atoms with E-state index in [4.69, 9.17) is 0 Å². The highest BCUT2D eigenvalue weighted by Gasteiger charge is 2.22. The molecule has 1 atom stereocenters. The van der Waals surface area contributed by atoms with Gasteiger partial charge in [0.15, 0.2) is 0 Å². The number of carbonyl (C=O) groups excluding carboxylic acids is 1.